The van der Waals surface area contributed by atoms with E-state index in [0.717, 1.165) is 30.3 Å². The second-order valence-corrected chi connectivity index (χ2v) is 5.95. The highest BCUT2D eigenvalue weighted by molar-refractivity contribution is 5.38. The summed E-state index contributed by atoms with van der Waals surface area (Å²) in [6.45, 7) is 11.5. The van der Waals surface area contributed by atoms with E-state index in [0.29, 0.717) is 5.92 Å². The SMILES string of the molecule is CCNc1cc(C(C)C)nc(Cc2cc(C)cc(C)c2)n1. The molecule has 0 saturated carbocycles. The number of aromatic nitrogens is 2. The highest BCUT2D eigenvalue weighted by atomic mass is 15.0. The molecule has 3 nitrogen and oxygen atoms in total. The van der Waals surface area contributed by atoms with Gasteiger partial charge in [-0.05, 0) is 32.3 Å². The molecule has 0 atom stereocenters. The van der Waals surface area contributed by atoms with Gasteiger partial charge in [0, 0.05) is 24.7 Å². The Balaban J connectivity index is 2.33. The average Bonchev–Trinajstić information content (AvgIpc) is 2.37. The largest absolute Gasteiger partial charge is 0.370 e. The van der Waals surface area contributed by atoms with Gasteiger partial charge in [0.2, 0.25) is 0 Å². The van der Waals surface area contributed by atoms with Crippen molar-refractivity contribution in [2.45, 2.75) is 47.0 Å². The molecule has 2 rings (SSSR count). The third kappa shape index (κ3) is 4.28. The molecule has 0 aliphatic heterocycles. The Morgan fingerprint density at radius 2 is 1.67 bits per heavy atom. The number of anilines is 1. The van der Waals surface area contributed by atoms with E-state index in [9.17, 15) is 0 Å². The molecule has 0 aliphatic carbocycles. The number of rotatable bonds is 5. The number of aryl methyl sites for hydroxylation is 2. The summed E-state index contributed by atoms with van der Waals surface area (Å²) in [4.78, 5) is 9.36. The smallest absolute Gasteiger partial charge is 0.135 e. The summed E-state index contributed by atoms with van der Waals surface area (Å²) in [6, 6.07) is 8.68. The van der Waals surface area contributed by atoms with E-state index >= 15 is 0 Å². The molecule has 21 heavy (non-hydrogen) atoms. The van der Waals surface area contributed by atoms with Crippen LogP contribution in [0.1, 0.15) is 54.9 Å². The average molecular weight is 283 g/mol. The van der Waals surface area contributed by atoms with Crippen LogP contribution in [0.4, 0.5) is 5.82 Å². The number of benzene rings is 1. The van der Waals surface area contributed by atoms with Crippen molar-refractivity contribution in [1.82, 2.24) is 9.97 Å². The summed E-state index contributed by atoms with van der Waals surface area (Å²) in [5.74, 6) is 2.22. The molecule has 1 heterocycles. The zero-order valence-electron chi connectivity index (χ0n) is 13.7. The summed E-state index contributed by atoms with van der Waals surface area (Å²) in [6.07, 6.45) is 0.779. The van der Waals surface area contributed by atoms with Gasteiger partial charge in [0.05, 0.1) is 0 Å². The lowest BCUT2D eigenvalue weighted by molar-refractivity contribution is 0.791. The fourth-order valence-electron chi connectivity index (χ4n) is 2.52. The predicted molar refractivity (Wildman–Crippen MR) is 89.0 cm³/mol. The maximum absolute atomic E-state index is 4.72. The number of hydrogen-bond donors (Lipinski definition) is 1. The van der Waals surface area contributed by atoms with Crippen molar-refractivity contribution < 1.29 is 0 Å². The predicted octanol–water partition coefficient (Wildman–Crippen LogP) is 4.24. The molecule has 112 valence electrons. The van der Waals surface area contributed by atoms with Crippen molar-refractivity contribution >= 4 is 5.82 Å². The number of nitrogens with one attached hydrogen (secondary N) is 1. The van der Waals surface area contributed by atoms with Gasteiger partial charge in [-0.15, -0.1) is 0 Å². The summed E-state index contributed by atoms with van der Waals surface area (Å²) in [5, 5.41) is 3.30. The van der Waals surface area contributed by atoms with E-state index in [2.05, 4.69) is 69.2 Å². The number of nitrogens with zero attached hydrogens (tertiary/aromatic N) is 2. The molecule has 0 bridgehead atoms. The minimum Gasteiger partial charge on any atom is -0.370 e. The van der Waals surface area contributed by atoms with E-state index in [4.69, 9.17) is 4.98 Å². The van der Waals surface area contributed by atoms with Gasteiger partial charge < -0.3 is 5.32 Å². The van der Waals surface area contributed by atoms with Crippen LogP contribution in [-0.4, -0.2) is 16.5 Å². The monoisotopic (exact) mass is 283 g/mol. The van der Waals surface area contributed by atoms with Gasteiger partial charge in [-0.2, -0.15) is 0 Å². The van der Waals surface area contributed by atoms with Crippen molar-refractivity contribution in [2.75, 3.05) is 11.9 Å². The van der Waals surface area contributed by atoms with Gasteiger partial charge in [0.1, 0.15) is 11.6 Å². The second-order valence-electron chi connectivity index (χ2n) is 5.95. The van der Waals surface area contributed by atoms with Crippen LogP contribution in [-0.2, 0) is 6.42 Å². The molecule has 1 aromatic heterocycles. The Labute approximate surface area is 127 Å². The first-order valence-electron chi connectivity index (χ1n) is 7.66. The van der Waals surface area contributed by atoms with Crippen molar-refractivity contribution in [1.29, 1.82) is 0 Å². The van der Waals surface area contributed by atoms with Crippen LogP contribution in [0.5, 0.6) is 0 Å². The second kappa shape index (κ2) is 6.70. The maximum Gasteiger partial charge on any atom is 0.135 e. The molecule has 3 heteroatoms. The minimum absolute atomic E-state index is 0.406. The Hall–Kier alpha value is -1.90. The van der Waals surface area contributed by atoms with Crippen molar-refractivity contribution in [3.05, 3.63) is 52.5 Å². The van der Waals surface area contributed by atoms with Crippen molar-refractivity contribution in [2.24, 2.45) is 0 Å². The van der Waals surface area contributed by atoms with Crippen molar-refractivity contribution in [3.8, 4) is 0 Å². The molecule has 0 spiro atoms. The lowest BCUT2D eigenvalue weighted by atomic mass is 10.0. The van der Waals surface area contributed by atoms with Gasteiger partial charge in [0.25, 0.3) is 0 Å². The Kier molecular flexibility index (Phi) is 4.94. The Bertz CT molecular complexity index is 598. The van der Waals surface area contributed by atoms with Crippen LogP contribution in [0.3, 0.4) is 0 Å². The summed E-state index contributed by atoms with van der Waals surface area (Å²) in [7, 11) is 0. The standard InChI is InChI=1S/C18H25N3/c1-6-19-17-11-16(12(2)3)20-18(21-17)10-15-8-13(4)7-14(5)9-15/h7-9,11-12H,6,10H2,1-5H3,(H,19,20,21). The van der Waals surface area contributed by atoms with E-state index < -0.39 is 0 Å². The summed E-state index contributed by atoms with van der Waals surface area (Å²) < 4.78 is 0. The Morgan fingerprint density at radius 3 is 2.24 bits per heavy atom. The quantitative estimate of drug-likeness (QED) is 0.892. The zero-order valence-corrected chi connectivity index (χ0v) is 13.7. The molecule has 0 aliphatic rings. The van der Waals surface area contributed by atoms with Gasteiger partial charge >= 0.3 is 0 Å². The molecule has 0 saturated heterocycles. The van der Waals surface area contributed by atoms with Crippen LogP contribution in [0.15, 0.2) is 24.3 Å². The third-order valence-corrected chi connectivity index (χ3v) is 3.39. The first-order valence-corrected chi connectivity index (χ1v) is 7.66. The van der Waals surface area contributed by atoms with E-state index in [1.165, 1.54) is 16.7 Å². The van der Waals surface area contributed by atoms with Gasteiger partial charge in [0.15, 0.2) is 0 Å². The molecule has 0 unspecified atom stereocenters. The van der Waals surface area contributed by atoms with Gasteiger partial charge in [-0.1, -0.05) is 43.2 Å². The summed E-state index contributed by atoms with van der Waals surface area (Å²) >= 11 is 0. The molecule has 0 amide bonds. The van der Waals surface area contributed by atoms with Crippen molar-refractivity contribution in [3.63, 3.8) is 0 Å². The van der Waals surface area contributed by atoms with Gasteiger partial charge in [-0.3, -0.25) is 0 Å². The lowest BCUT2D eigenvalue weighted by Crippen LogP contribution is -2.07. The van der Waals surface area contributed by atoms with Crippen LogP contribution >= 0.6 is 0 Å². The summed E-state index contributed by atoms with van der Waals surface area (Å²) in [5.41, 5.74) is 4.95. The molecule has 0 fully saturated rings. The molecule has 1 N–H and O–H groups in total. The van der Waals surface area contributed by atoms with E-state index in [1.54, 1.807) is 0 Å². The van der Waals surface area contributed by atoms with Gasteiger partial charge in [-0.25, -0.2) is 9.97 Å². The molecule has 0 radical (unpaired) electrons. The fourth-order valence-corrected chi connectivity index (χ4v) is 2.52. The lowest BCUT2D eigenvalue weighted by Gasteiger charge is -2.11. The first-order chi connectivity index (χ1) is 9.97. The van der Waals surface area contributed by atoms with Crippen LogP contribution in [0, 0.1) is 13.8 Å². The Morgan fingerprint density at radius 1 is 1.00 bits per heavy atom. The van der Waals surface area contributed by atoms with Crippen LogP contribution < -0.4 is 5.32 Å². The fraction of sp³-hybridized carbons (Fsp3) is 0.444. The molecular weight excluding hydrogens is 258 g/mol. The van der Waals surface area contributed by atoms with E-state index in [1.807, 2.05) is 0 Å². The van der Waals surface area contributed by atoms with Crippen LogP contribution in [0.2, 0.25) is 0 Å². The zero-order chi connectivity index (χ0) is 15.4. The third-order valence-electron chi connectivity index (χ3n) is 3.39. The molecule has 1 aromatic carbocycles. The first kappa shape index (κ1) is 15.5. The molecule has 2 aromatic rings. The highest BCUT2D eigenvalue weighted by Crippen LogP contribution is 2.18. The van der Waals surface area contributed by atoms with Crippen LogP contribution in [0.25, 0.3) is 0 Å². The topological polar surface area (TPSA) is 37.8 Å². The van der Waals surface area contributed by atoms with E-state index in [-0.39, 0.29) is 0 Å². The normalized spacial score (nSPS) is 11.0. The number of hydrogen-bond acceptors (Lipinski definition) is 3. The highest BCUT2D eigenvalue weighted by Gasteiger charge is 2.08. The maximum atomic E-state index is 4.72. The molecular formula is C18H25N3. The minimum atomic E-state index is 0.406.